The van der Waals surface area contributed by atoms with Crippen LogP contribution in [0.3, 0.4) is 0 Å². The molecule has 3 aromatic rings. The molecule has 116 valence electrons. The Bertz CT molecular complexity index is 798. The Balaban J connectivity index is 1.92. The molecule has 0 N–H and O–H groups in total. The molecule has 23 heavy (non-hydrogen) atoms. The number of halogens is 2. The van der Waals surface area contributed by atoms with Gasteiger partial charge in [0.15, 0.2) is 0 Å². The number of hydrogen-bond donors (Lipinski definition) is 0. The molecule has 0 radical (unpaired) electrons. The molecule has 0 aliphatic rings. The summed E-state index contributed by atoms with van der Waals surface area (Å²) in [4.78, 5) is 0. The first-order valence-corrected chi connectivity index (χ1v) is 7.29. The number of methoxy groups -OCH3 is 1. The van der Waals surface area contributed by atoms with Crippen molar-refractivity contribution in [3.63, 3.8) is 0 Å². The van der Waals surface area contributed by atoms with Crippen molar-refractivity contribution >= 4 is 0 Å². The number of hydrogen-bond acceptors (Lipinski definition) is 1. The van der Waals surface area contributed by atoms with Gasteiger partial charge in [-0.05, 0) is 53.4 Å². The molecule has 3 aromatic carbocycles. The highest BCUT2D eigenvalue weighted by Gasteiger charge is 2.08. The third kappa shape index (κ3) is 3.09. The summed E-state index contributed by atoms with van der Waals surface area (Å²) in [7, 11) is 1.63. The molecule has 0 amide bonds. The van der Waals surface area contributed by atoms with Gasteiger partial charge in [0.1, 0.15) is 17.4 Å². The second kappa shape index (κ2) is 6.21. The Kier molecular flexibility index (Phi) is 4.11. The zero-order valence-corrected chi connectivity index (χ0v) is 12.9. The van der Waals surface area contributed by atoms with E-state index in [1.54, 1.807) is 7.11 Å². The van der Waals surface area contributed by atoms with Crippen molar-refractivity contribution in [3.05, 3.63) is 77.9 Å². The van der Waals surface area contributed by atoms with Gasteiger partial charge in [-0.25, -0.2) is 8.78 Å². The fraction of sp³-hybridized carbons (Fsp3) is 0.100. The minimum atomic E-state index is -0.528. The molecule has 0 fully saturated rings. The second-order valence-electron chi connectivity index (χ2n) is 5.37. The molecule has 0 saturated heterocycles. The van der Waals surface area contributed by atoms with Crippen molar-refractivity contribution < 1.29 is 13.5 Å². The van der Waals surface area contributed by atoms with E-state index in [0.717, 1.165) is 22.4 Å². The van der Waals surface area contributed by atoms with Crippen LogP contribution in [0.4, 0.5) is 8.78 Å². The van der Waals surface area contributed by atoms with Crippen LogP contribution in [0.1, 0.15) is 5.56 Å². The van der Waals surface area contributed by atoms with E-state index in [9.17, 15) is 8.78 Å². The van der Waals surface area contributed by atoms with Crippen LogP contribution in [0.5, 0.6) is 5.75 Å². The zero-order chi connectivity index (χ0) is 16.4. The monoisotopic (exact) mass is 310 g/mol. The Morgan fingerprint density at radius 3 is 1.48 bits per heavy atom. The summed E-state index contributed by atoms with van der Waals surface area (Å²) < 4.78 is 32.5. The normalized spacial score (nSPS) is 10.6. The van der Waals surface area contributed by atoms with Gasteiger partial charge in [0.2, 0.25) is 0 Å². The topological polar surface area (TPSA) is 9.23 Å². The van der Waals surface area contributed by atoms with Crippen molar-refractivity contribution in [2.45, 2.75) is 6.92 Å². The van der Waals surface area contributed by atoms with Gasteiger partial charge in [-0.15, -0.1) is 0 Å². The van der Waals surface area contributed by atoms with Gasteiger partial charge in [0, 0.05) is 5.56 Å². The Morgan fingerprint density at radius 2 is 1.04 bits per heavy atom. The van der Waals surface area contributed by atoms with E-state index in [4.69, 9.17) is 4.74 Å². The number of rotatable bonds is 3. The van der Waals surface area contributed by atoms with Crippen LogP contribution in [0, 0.1) is 18.6 Å². The molecule has 3 heteroatoms. The first kappa shape index (κ1) is 15.2. The molecule has 0 bridgehead atoms. The van der Waals surface area contributed by atoms with Crippen LogP contribution in [-0.4, -0.2) is 7.11 Å². The molecular formula is C20H16F2O. The van der Waals surface area contributed by atoms with Gasteiger partial charge < -0.3 is 4.74 Å². The molecule has 1 nitrogen and oxygen atoms in total. The molecule has 0 spiro atoms. The molecule has 0 aliphatic heterocycles. The quantitative estimate of drug-likeness (QED) is 0.610. The summed E-state index contributed by atoms with van der Waals surface area (Å²) in [6.45, 7) is 1.43. The summed E-state index contributed by atoms with van der Waals surface area (Å²) in [6, 6.07) is 18.1. The lowest BCUT2D eigenvalue weighted by molar-refractivity contribution is 0.415. The third-order valence-electron chi connectivity index (χ3n) is 3.92. The average molecular weight is 310 g/mol. The molecular weight excluding hydrogens is 294 g/mol. The summed E-state index contributed by atoms with van der Waals surface area (Å²) in [6.07, 6.45) is 0. The maximum Gasteiger partial charge on any atom is 0.129 e. The maximum absolute atomic E-state index is 13.7. The lowest BCUT2D eigenvalue weighted by atomic mass is 9.99. The zero-order valence-electron chi connectivity index (χ0n) is 12.9. The Morgan fingerprint density at radius 1 is 0.652 bits per heavy atom. The lowest BCUT2D eigenvalue weighted by Crippen LogP contribution is -1.90. The summed E-state index contributed by atoms with van der Waals surface area (Å²) in [5.74, 6) is -0.255. The van der Waals surface area contributed by atoms with E-state index in [1.807, 2.05) is 48.5 Å². The van der Waals surface area contributed by atoms with Crippen molar-refractivity contribution in [2.75, 3.05) is 7.11 Å². The Hall–Kier alpha value is -2.68. The highest BCUT2D eigenvalue weighted by Crippen LogP contribution is 2.28. The minimum absolute atomic E-state index is 0.0450. The molecule has 0 heterocycles. The smallest absolute Gasteiger partial charge is 0.129 e. The fourth-order valence-corrected chi connectivity index (χ4v) is 2.45. The molecule has 0 atom stereocenters. The van der Waals surface area contributed by atoms with Crippen molar-refractivity contribution in [2.24, 2.45) is 0 Å². The molecule has 0 saturated carbocycles. The molecule has 0 unspecified atom stereocenters. The third-order valence-corrected chi connectivity index (χ3v) is 3.92. The van der Waals surface area contributed by atoms with E-state index in [2.05, 4.69) is 0 Å². The van der Waals surface area contributed by atoms with Crippen LogP contribution >= 0.6 is 0 Å². The van der Waals surface area contributed by atoms with Gasteiger partial charge in [-0.1, -0.05) is 36.4 Å². The van der Waals surface area contributed by atoms with Gasteiger partial charge in [-0.3, -0.25) is 0 Å². The fourth-order valence-electron chi connectivity index (χ4n) is 2.45. The standard InChI is InChI=1S/C20H16F2O/c1-13-19(21)11-17(12-20(13)22)16-5-3-14(4-6-16)15-7-9-18(23-2)10-8-15/h3-12H,1-2H3. The maximum atomic E-state index is 13.7. The van der Waals surface area contributed by atoms with Gasteiger partial charge in [0.05, 0.1) is 7.11 Å². The lowest BCUT2D eigenvalue weighted by Gasteiger charge is -2.08. The summed E-state index contributed by atoms with van der Waals surface area (Å²) in [5, 5.41) is 0. The van der Waals surface area contributed by atoms with E-state index in [0.29, 0.717) is 5.56 Å². The largest absolute Gasteiger partial charge is 0.497 e. The number of benzene rings is 3. The highest BCUT2D eigenvalue weighted by molar-refractivity contribution is 5.71. The van der Waals surface area contributed by atoms with E-state index in [-0.39, 0.29) is 5.56 Å². The van der Waals surface area contributed by atoms with Crippen LogP contribution in [0.15, 0.2) is 60.7 Å². The first-order chi connectivity index (χ1) is 11.1. The SMILES string of the molecule is COc1ccc(-c2ccc(-c3cc(F)c(C)c(F)c3)cc2)cc1. The van der Waals surface area contributed by atoms with Crippen LogP contribution in [0.2, 0.25) is 0 Å². The van der Waals surface area contributed by atoms with Gasteiger partial charge in [-0.2, -0.15) is 0 Å². The predicted octanol–water partition coefficient (Wildman–Crippen LogP) is 5.62. The minimum Gasteiger partial charge on any atom is -0.497 e. The highest BCUT2D eigenvalue weighted by atomic mass is 19.1. The van der Waals surface area contributed by atoms with Crippen molar-refractivity contribution in [1.29, 1.82) is 0 Å². The number of ether oxygens (including phenoxy) is 1. The first-order valence-electron chi connectivity index (χ1n) is 7.29. The van der Waals surface area contributed by atoms with Crippen LogP contribution in [0.25, 0.3) is 22.3 Å². The predicted molar refractivity (Wildman–Crippen MR) is 88.5 cm³/mol. The van der Waals surface area contributed by atoms with E-state index in [1.165, 1.54) is 19.1 Å². The van der Waals surface area contributed by atoms with Crippen LogP contribution < -0.4 is 4.74 Å². The summed E-state index contributed by atoms with van der Waals surface area (Å²) >= 11 is 0. The molecule has 0 aliphatic carbocycles. The van der Waals surface area contributed by atoms with Gasteiger partial charge in [0.25, 0.3) is 0 Å². The molecule has 3 rings (SSSR count). The van der Waals surface area contributed by atoms with E-state index >= 15 is 0 Å². The van der Waals surface area contributed by atoms with Crippen molar-refractivity contribution in [3.8, 4) is 28.0 Å². The molecule has 0 aromatic heterocycles. The van der Waals surface area contributed by atoms with E-state index < -0.39 is 11.6 Å². The second-order valence-corrected chi connectivity index (χ2v) is 5.37. The summed E-state index contributed by atoms with van der Waals surface area (Å²) in [5.41, 5.74) is 3.44. The Labute approximate surface area is 134 Å². The average Bonchev–Trinajstić information content (AvgIpc) is 2.59. The van der Waals surface area contributed by atoms with Crippen LogP contribution in [-0.2, 0) is 0 Å². The van der Waals surface area contributed by atoms with Crippen molar-refractivity contribution in [1.82, 2.24) is 0 Å². The van der Waals surface area contributed by atoms with Gasteiger partial charge >= 0.3 is 0 Å².